The number of ketones is 2. The number of carbonyl (C=O) groups excluding carboxylic acids is 2. The Kier molecular flexibility index (Phi) is 4.12. The van der Waals surface area contributed by atoms with Gasteiger partial charge in [0.05, 0.1) is 15.6 Å². The standard InChI is InChI=1S/C25H11Cl2NO4/c26-19-10-16-17(11-20(19)27)23(30)18(22(16)29)8-15-9-21-25(31-15)28-24(32-21)14-6-5-12-3-1-2-4-13(12)7-14/h1-11H. The zero-order valence-electron chi connectivity index (χ0n) is 16.2. The lowest BCUT2D eigenvalue weighted by Gasteiger charge is -1.99. The largest absolute Gasteiger partial charge is 0.436 e. The summed E-state index contributed by atoms with van der Waals surface area (Å²) in [4.78, 5) is 29.8. The van der Waals surface area contributed by atoms with Crippen molar-refractivity contribution in [1.82, 2.24) is 4.98 Å². The Morgan fingerprint density at radius 2 is 1.47 bits per heavy atom. The van der Waals surface area contributed by atoms with E-state index in [-0.39, 0.29) is 38.2 Å². The molecule has 0 spiro atoms. The molecular formula is C25H11Cl2NO4. The van der Waals surface area contributed by atoms with Gasteiger partial charge in [-0.3, -0.25) is 9.59 Å². The highest BCUT2D eigenvalue weighted by atomic mass is 35.5. The Morgan fingerprint density at radius 1 is 0.781 bits per heavy atom. The smallest absolute Gasteiger partial charge is 0.266 e. The summed E-state index contributed by atoms with van der Waals surface area (Å²) in [7, 11) is 0. The number of benzene rings is 3. The van der Waals surface area contributed by atoms with E-state index < -0.39 is 11.6 Å². The van der Waals surface area contributed by atoms with Gasteiger partial charge in [-0.05, 0) is 41.1 Å². The average Bonchev–Trinajstić information content (AvgIpc) is 3.42. The summed E-state index contributed by atoms with van der Waals surface area (Å²) < 4.78 is 11.6. The highest BCUT2D eigenvalue weighted by Gasteiger charge is 2.34. The zero-order chi connectivity index (χ0) is 22.0. The lowest BCUT2D eigenvalue weighted by Crippen LogP contribution is -1.99. The van der Waals surface area contributed by atoms with Gasteiger partial charge in [0.1, 0.15) is 5.76 Å². The number of aromatic nitrogens is 1. The molecule has 5 aromatic rings. The van der Waals surface area contributed by atoms with Gasteiger partial charge in [0.25, 0.3) is 5.71 Å². The summed E-state index contributed by atoms with van der Waals surface area (Å²) in [6, 6.07) is 18.3. The van der Waals surface area contributed by atoms with Crippen LogP contribution in [0.25, 0.3) is 39.6 Å². The fourth-order valence-electron chi connectivity index (χ4n) is 3.86. The van der Waals surface area contributed by atoms with E-state index in [4.69, 9.17) is 32.0 Å². The predicted octanol–water partition coefficient (Wildman–Crippen LogP) is 7.01. The van der Waals surface area contributed by atoms with E-state index in [1.54, 1.807) is 6.07 Å². The Hall–Kier alpha value is -3.67. The van der Waals surface area contributed by atoms with Crippen LogP contribution in [0.1, 0.15) is 26.5 Å². The summed E-state index contributed by atoms with van der Waals surface area (Å²) in [5, 5.41) is 2.63. The second-order valence-corrected chi connectivity index (χ2v) is 8.24. The van der Waals surface area contributed by atoms with Crippen LogP contribution in [0.15, 0.2) is 75.1 Å². The number of rotatable bonds is 2. The second kappa shape index (κ2) is 6.92. The molecule has 32 heavy (non-hydrogen) atoms. The number of hydrogen-bond acceptors (Lipinski definition) is 5. The lowest BCUT2D eigenvalue weighted by molar-refractivity contribution is 0.0990. The first-order valence-corrected chi connectivity index (χ1v) is 10.4. The number of furan rings is 1. The summed E-state index contributed by atoms with van der Waals surface area (Å²) in [5.41, 5.74) is 1.94. The SMILES string of the molecule is O=C1C(=Cc2cc3oc(-c4ccc5ccccc5c4)nc3o2)C(=O)c2cc(Cl)c(Cl)cc21. The molecule has 0 bridgehead atoms. The number of nitrogens with zero attached hydrogens (tertiary/aromatic N) is 1. The third-order valence-corrected chi connectivity index (χ3v) is 6.15. The average molecular weight is 460 g/mol. The van der Waals surface area contributed by atoms with Crippen LogP contribution >= 0.6 is 23.2 Å². The van der Waals surface area contributed by atoms with Gasteiger partial charge in [-0.2, -0.15) is 4.98 Å². The first-order valence-electron chi connectivity index (χ1n) is 9.67. The van der Waals surface area contributed by atoms with Gasteiger partial charge in [-0.15, -0.1) is 0 Å². The molecule has 0 radical (unpaired) electrons. The molecule has 0 saturated heterocycles. The van der Waals surface area contributed by atoms with Gasteiger partial charge >= 0.3 is 0 Å². The van der Waals surface area contributed by atoms with E-state index in [0.717, 1.165) is 16.3 Å². The quantitative estimate of drug-likeness (QED) is 0.209. The fraction of sp³-hybridized carbons (Fsp3) is 0. The molecule has 6 rings (SSSR count). The predicted molar refractivity (Wildman–Crippen MR) is 122 cm³/mol. The van der Waals surface area contributed by atoms with Crippen LogP contribution in [0.4, 0.5) is 0 Å². The van der Waals surface area contributed by atoms with E-state index >= 15 is 0 Å². The van der Waals surface area contributed by atoms with Crippen molar-refractivity contribution in [2.45, 2.75) is 0 Å². The zero-order valence-corrected chi connectivity index (χ0v) is 17.7. The topological polar surface area (TPSA) is 73.3 Å². The Balaban J connectivity index is 1.36. The highest BCUT2D eigenvalue weighted by Crippen LogP contribution is 2.35. The number of oxazole rings is 1. The summed E-state index contributed by atoms with van der Waals surface area (Å²) in [6.45, 7) is 0. The van der Waals surface area contributed by atoms with Crippen LogP contribution in [-0.4, -0.2) is 16.6 Å². The fourth-order valence-corrected chi connectivity index (χ4v) is 4.19. The van der Waals surface area contributed by atoms with E-state index in [1.807, 2.05) is 42.5 Å². The van der Waals surface area contributed by atoms with Gasteiger partial charge in [0, 0.05) is 22.8 Å². The maximum absolute atomic E-state index is 12.7. The maximum atomic E-state index is 12.7. The maximum Gasteiger partial charge on any atom is 0.266 e. The second-order valence-electron chi connectivity index (χ2n) is 7.43. The van der Waals surface area contributed by atoms with Gasteiger partial charge in [-0.25, -0.2) is 0 Å². The number of allylic oxidation sites excluding steroid dienone is 1. The molecule has 5 nitrogen and oxygen atoms in total. The monoisotopic (exact) mass is 459 g/mol. The Morgan fingerprint density at radius 3 is 2.16 bits per heavy atom. The molecule has 1 aliphatic rings. The van der Waals surface area contributed by atoms with Gasteiger partial charge < -0.3 is 8.83 Å². The van der Waals surface area contributed by atoms with Crippen molar-refractivity contribution in [3.8, 4) is 11.5 Å². The van der Waals surface area contributed by atoms with Gasteiger partial charge in [-0.1, -0.05) is 53.5 Å². The Labute approximate surface area is 190 Å². The summed E-state index contributed by atoms with van der Waals surface area (Å²) >= 11 is 12.0. The molecule has 0 atom stereocenters. The van der Waals surface area contributed by atoms with Crippen molar-refractivity contribution in [3.63, 3.8) is 0 Å². The molecule has 1 aliphatic carbocycles. The van der Waals surface area contributed by atoms with Gasteiger partial charge in [0.2, 0.25) is 5.89 Å². The third-order valence-electron chi connectivity index (χ3n) is 5.43. The molecule has 0 aliphatic heterocycles. The van der Waals surface area contributed by atoms with Crippen molar-refractivity contribution < 1.29 is 18.4 Å². The van der Waals surface area contributed by atoms with Crippen molar-refractivity contribution in [2.24, 2.45) is 0 Å². The molecule has 0 fully saturated rings. The van der Waals surface area contributed by atoms with Crippen LogP contribution in [0, 0.1) is 0 Å². The third kappa shape index (κ3) is 2.90. The Bertz CT molecular complexity index is 1570. The lowest BCUT2D eigenvalue weighted by atomic mass is 10.1. The molecule has 0 unspecified atom stereocenters. The molecule has 7 heteroatoms. The van der Waals surface area contributed by atoms with Crippen molar-refractivity contribution in [1.29, 1.82) is 0 Å². The molecule has 154 valence electrons. The van der Waals surface area contributed by atoms with Crippen LogP contribution in [-0.2, 0) is 0 Å². The van der Waals surface area contributed by atoms with E-state index in [0.29, 0.717) is 11.5 Å². The van der Waals surface area contributed by atoms with Crippen molar-refractivity contribution in [2.75, 3.05) is 0 Å². The highest BCUT2D eigenvalue weighted by molar-refractivity contribution is 6.46. The molecule has 0 saturated carbocycles. The molecule has 0 N–H and O–H groups in total. The minimum Gasteiger partial charge on any atom is -0.436 e. The van der Waals surface area contributed by atoms with Crippen molar-refractivity contribution >= 4 is 62.9 Å². The number of halogens is 2. The van der Waals surface area contributed by atoms with E-state index in [9.17, 15) is 9.59 Å². The molecule has 2 heterocycles. The number of Topliss-reactive ketones (excluding diaryl/α,β-unsaturated/α-hetero) is 2. The number of fused-ring (bicyclic) bond motifs is 3. The van der Waals surface area contributed by atoms with Crippen LogP contribution in [0.5, 0.6) is 0 Å². The normalized spacial score (nSPS) is 13.4. The first kappa shape index (κ1) is 19.0. The minimum absolute atomic E-state index is 0.0236. The number of hydrogen-bond donors (Lipinski definition) is 0. The first-order chi connectivity index (χ1) is 15.5. The number of carbonyl (C=O) groups is 2. The van der Waals surface area contributed by atoms with Gasteiger partial charge in [0.15, 0.2) is 17.1 Å². The summed E-state index contributed by atoms with van der Waals surface area (Å²) in [6.07, 6.45) is 1.39. The van der Waals surface area contributed by atoms with Crippen molar-refractivity contribution in [3.05, 3.63) is 93.2 Å². The van der Waals surface area contributed by atoms with E-state index in [2.05, 4.69) is 4.98 Å². The summed E-state index contributed by atoms with van der Waals surface area (Å²) in [5.74, 6) is -0.144. The molecule has 0 amide bonds. The molecular weight excluding hydrogens is 449 g/mol. The molecule has 2 aromatic heterocycles. The van der Waals surface area contributed by atoms with E-state index in [1.165, 1.54) is 18.2 Å². The molecule has 3 aromatic carbocycles. The van der Waals surface area contributed by atoms with Crippen LogP contribution < -0.4 is 0 Å². The van der Waals surface area contributed by atoms with Crippen LogP contribution in [0.3, 0.4) is 0 Å². The van der Waals surface area contributed by atoms with Crippen LogP contribution in [0.2, 0.25) is 10.0 Å². The minimum atomic E-state index is -0.429.